The Morgan fingerprint density at radius 2 is 2.04 bits per heavy atom. The average molecular weight is 324 g/mol. The summed E-state index contributed by atoms with van der Waals surface area (Å²) in [6.07, 6.45) is 0.494. The van der Waals surface area contributed by atoms with Gasteiger partial charge in [0.05, 0.1) is 29.2 Å². The molecule has 0 aromatic carbocycles. The Labute approximate surface area is 128 Å². The molecule has 1 fully saturated rings. The second-order valence-corrected chi connectivity index (χ2v) is 6.06. The van der Waals surface area contributed by atoms with E-state index < -0.39 is 23.8 Å². The van der Waals surface area contributed by atoms with E-state index in [1.165, 1.54) is 10.8 Å². The van der Waals surface area contributed by atoms with Gasteiger partial charge in [0.2, 0.25) is 0 Å². The summed E-state index contributed by atoms with van der Waals surface area (Å²) < 4.78 is 41.6. The standard InChI is InChI=1S/C15H15F3N4O/c16-15(17,18)9-3-1-2-4-11(9)22-12-8-5-6-19-13(8)20-7-10(12)21-14(22)23/h5-7,9,11H,1-4H2,(H,19,20)(H,21,23)/t9-,11+/m0/s1. The fraction of sp³-hybridized carbons (Fsp3) is 0.467. The molecule has 3 aromatic rings. The van der Waals surface area contributed by atoms with Gasteiger partial charge in [0, 0.05) is 11.6 Å². The minimum absolute atomic E-state index is 0.0641. The molecule has 3 heterocycles. The minimum Gasteiger partial charge on any atom is -0.346 e. The van der Waals surface area contributed by atoms with Gasteiger partial charge in [-0.3, -0.25) is 4.57 Å². The summed E-state index contributed by atoms with van der Waals surface area (Å²) in [6.45, 7) is 0. The van der Waals surface area contributed by atoms with Crippen molar-refractivity contribution in [1.29, 1.82) is 0 Å². The molecular weight excluding hydrogens is 309 g/mol. The molecule has 4 rings (SSSR count). The monoisotopic (exact) mass is 324 g/mol. The molecular formula is C15H15F3N4O. The zero-order valence-corrected chi connectivity index (χ0v) is 12.2. The third kappa shape index (κ3) is 2.15. The van der Waals surface area contributed by atoms with Crippen molar-refractivity contribution < 1.29 is 13.2 Å². The molecule has 0 radical (unpaired) electrons. The molecule has 8 heteroatoms. The van der Waals surface area contributed by atoms with Crippen molar-refractivity contribution in [1.82, 2.24) is 19.5 Å². The van der Waals surface area contributed by atoms with Gasteiger partial charge >= 0.3 is 11.9 Å². The molecule has 23 heavy (non-hydrogen) atoms. The van der Waals surface area contributed by atoms with Crippen LogP contribution < -0.4 is 5.69 Å². The molecule has 0 amide bonds. The molecule has 5 nitrogen and oxygen atoms in total. The van der Waals surface area contributed by atoms with E-state index in [2.05, 4.69) is 15.0 Å². The van der Waals surface area contributed by atoms with Crippen LogP contribution in [0.1, 0.15) is 31.7 Å². The highest BCUT2D eigenvalue weighted by Crippen LogP contribution is 2.44. The van der Waals surface area contributed by atoms with Crippen LogP contribution in [0.25, 0.3) is 22.1 Å². The maximum atomic E-state index is 13.4. The normalized spacial score (nSPS) is 22.9. The van der Waals surface area contributed by atoms with Crippen molar-refractivity contribution in [3.63, 3.8) is 0 Å². The Kier molecular flexibility index (Phi) is 3.04. The summed E-state index contributed by atoms with van der Waals surface area (Å²) in [4.78, 5) is 22.1. The van der Waals surface area contributed by atoms with Gasteiger partial charge in [0.25, 0.3) is 0 Å². The van der Waals surface area contributed by atoms with Crippen molar-refractivity contribution in [2.45, 2.75) is 37.9 Å². The average Bonchev–Trinajstić information content (AvgIpc) is 3.08. The number of nitrogens with one attached hydrogen (secondary N) is 2. The summed E-state index contributed by atoms with van der Waals surface area (Å²) >= 11 is 0. The van der Waals surface area contributed by atoms with Crippen molar-refractivity contribution in [2.24, 2.45) is 5.92 Å². The molecule has 1 saturated carbocycles. The quantitative estimate of drug-likeness (QED) is 0.719. The topological polar surface area (TPSA) is 66.5 Å². The number of hydrogen-bond acceptors (Lipinski definition) is 2. The largest absolute Gasteiger partial charge is 0.393 e. The zero-order chi connectivity index (χ0) is 16.2. The summed E-state index contributed by atoms with van der Waals surface area (Å²) in [6, 6.07) is 0.866. The maximum Gasteiger partial charge on any atom is 0.393 e. The fourth-order valence-corrected chi connectivity index (χ4v) is 3.74. The van der Waals surface area contributed by atoms with Crippen LogP contribution in [-0.2, 0) is 0 Å². The smallest absolute Gasteiger partial charge is 0.346 e. The van der Waals surface area contributed by atoms with Crippen molar-refractivity contribution in [2.75, 3.05) is 0 Å². The van der Waals surface area contributed by atoms with Gasteiger partial charge in [0.15, 0.2) is 0 Å². The molecule has 0 spiro atoms. The van der Waals surface area contributed by atoms with E-state index >= 15 is 0 Å². The number of imidazole rings is 1. The van der Waals surface area contributed by atoms with Crippen molar-refractivity contribution in [3.05, 3.63) is 28.9 Å². The molecule has 0 bridgehead atoms. The highest BCUT2D eigenvalue weighted by Gasteiger charge is 2.47. The molecule has 0 unspecified atom stereocenters. The first-order valence-electron chi connectivity index (χ1n) is 7.60. The van der Waals surface area contributed by atoms with Crippen molar-refractivity contribution >= 4 is 22.1 Å². The second-order valence-electron chi connectivity index (χ2n) is 6.06. The van der Waals surface area contributed by atoms with Crippen molar-refractivity contribution in [3.8, 4) is 0 Å². The van der Waals surface area contributed by atoms with E-state index in [9.17, 15) is 18.0 Å². The Morgan fingerprint density at radius 1 is 1.26 bits per heavy atom. The third-order valence-corrected chi connectivity index (χ3v) is 4.74. The van der Waals surface area contributed by atoms with Crippen LogP contribution in [0.5, 0.6) is 0 Å². The number of alkyl halides is 3. The first-order valence-corrected chi connectivity index (χ1v) is 7.60. The highest BCUT2D eigenvalue weighted by atomic mass is 19.4. The number of halogens is 3. The number of aromatic nitrogens is 4. The van der Waals surface area contributed by atoms with Crippen LogP contribution in [0.3, 0.4) is 0 Å². The zero-order valence-electron chi connectivity index (χ0n) is 12.2. The highest BCUT2D eigenvalue weighted by molar-refractivity contribution is 6.00. The molecule has 122 valence electrons. The lowest BCUT2D eigenvalue weighted by molar-refractivity contribution is -0.193. The summed E-state index contributed by atoms with van der Waals surface area (Å²) in [7, 11) is 0. The molecule has 0 saturated heterocycles. The number of fused-ring (bicyclic) bond motifs is 3. The Hall–Kier alpha value is -2.25. The predicted molar refractivity (Wildman–Crippen MR) is 79.3 cm³/mol. The predicted octanol–water partition coefficient (Wildman–Crippen LogP) is 3.50. The van der Waals surface area contributed by atoms with Gasteiger partial charge in [-0.1, -0.05) is 12.8 Å². The van der Waals surface area contributed by atoms with Crippen LogP contribution in [0.2, 0.25) is 0 Å². The molecule has 2 N–H and O–H groups in total. The lowest BCUT2D eigenvalue weighted by Gasteiger charge is -2.33. The fourth-order valence-electron chi connectivity index (χ4n) is 3.74. The lowest BCUT2D eigenvalue weighted by atomic mass is 9.83. The van der Waals surface area contributed by atoms with Crippen LogP contribution >= 0.6 is 0 Å². The lowest BCUT2D eigenvalue weighted by Crippen LogP contribution is -2.38. The summed E-state index contributed by atoms with van der Waals surface area (Å²) in [5, 5.41) is 0.660. The number of aromatic amines is 2. The molecule has 1 aliphatic rings. The van der Waals surface area contributed by atoms with Gasteiger partial charge in [-0.15, -0.1) is 0 Å². The first-order chi connectivity index (χ1) is 11.0. The van der Waals surface area contributed by atoms with Gasteiger partial charge in [-0.05, 0) is 18.9 Å². The number of rotatable bonds is 1. The third-order valence-electron chi connectivity index (χ3n) is 4.74. The van der Waals surface area contributed by atoms with Gasteiger partial charge in [-0.25, -0.2) is 9.78 Å². The summed E-state index contributed by atoms with van der Waals surface area (Å²) in [5.74, 6) is -1.49. The number of hydrogen-bond donors (Lipinski definition) is 2. The SMILES string of the molecule is O=c1[nH]c2cnc3[nH]ccc3c2n1[C@@H]1CCCC[C@@H]1C(F)(F)F. The van der Waals surface area contributed by atoms with Crippen LogP contribution in [0.4, 0.5) is 13.2 Å². The molecule has 2 atom stereocenters. The Balaban J connectivity index is 1.98. The molecule has 3 aromatic heterocycles. The van der Waals surface area contributed by atoms with Gasteiger partial charge < -0.3 is 9.97 Å². The van der Waals surface area contributed by atoms with E-state index in [4.69, 9.17) is 0 Å². The van der Waals surface area contributed by atoms with E-state index in [-0.39, 0.29) is 6.42 Å². The first kappa shape index (κ1) is 14.3. The van der Waals surface area contributed by atoms with Crippen LogP contribution in [-0.4, -0.2) is 25.7 Å². The minimum atomic E-state index is -4.31. The summed E-state index contributed by atoms with van der Waals surface area (Å²) in [5.41, 5.74) is 1.03. The molecule has 0 aliphatic heterocycles. The molecule has 1 aliphatic carbocycles. The van der Waals surface area contributed by atoms with Gasteiger partial charge in [0.1, 0.15) is 5.65 Å². The Bertz CT molecular complexity index is 920. The van der Waals surface area contributed by atoms with Crippen LogP contribution in [0, 0.1) is 5.92 Å². The second kappa shape index (κ2) is 4.87. The van der Waals surface area contributed by atoms with E-state index in [0.717, 1.165) is 0 Å². The number of H-pyrrole nitrogens is 2. The Morgan fingerprint density at radius 3 is 2.83 bits per heavy atom. The number of nitrogens with zero attached hydrogens (tertiary/aromatic N) is 2. The van der Waals surface area contributed by atoms with E-state index in [1.807, 2.05) is 0 Å². The maximum absolute atomic E-state index is 13.4. The van der Waals surface area contributed by atoms with E-state index in [0.29, 0.717) is 41.3 Å². The number of pyridine rings is 1. The van der Waals surface area contributed by atoms with E-state index in [1.54, 1.807) is 12.3 Å². The van der Waals surface area contributed by atoms with Crippen LogP contribution in [0.15, 0.2) is 23.3 Å². The van der Waals surface area contributed by atoms with Gasteiger partial charge in [-0.2, -0.15) is 13.2 Å².